The summed E-state index contributed by atoms with van der Waals surface area (Å²) in [5.74, 6) is 0.187. The van der Waals surface area contributed by atoms with Crippen LogP contribution in [0.2, 0.25) is 0 Å². The van der Waals surface area contributed by atoms with Gasteiger partial charge in [0, 0.05) is 18.3 Å². The van der Waals surface area contributed by atoms with E-state index < -0.39 is 5.60 Å². The summed E-state index contributed by atoms with van der Waals surface area (Å²) in [6.45, 7) is 6.85. The van der Waals surface area contributed by atoms with Gasteiger partial charge in [-0.25, -0.2) is 4.79 Å². The number of ether oxygens (including phenoxy) is 4. The number of hydrogen-bond acceptors (Lipinski definition) is 5. The van der Waals surface area contributed by atoms with Crippen molar-refractivity contribution in [2.45, 2.75) is 75.2 Å². The molecule has 9 atom stereocenters. The quantitative estimate of drug-likeness (QED) is 0.473. The van der Waals surface area contributed by atoms with Gasteiger partial charge >= 0.3 is 5.97 Å². The molecule has 2 aliphatic carbocycles. The second-order valence-electron chi connectivity index (χ2n) is 9.28. The summed E-state index contributed by atoms with van der Waals surface area (Å²) in [6, 6.07) is 0. The van der Waals surface area contributed by atoms with Crippen LogP contribution in [0, 0.1) is 22.2 Å². The predicted octanol–water partition coefficient (Wildman–Crippen LogP) is 2.36. The molecule has 6 aliphatic rings. The molecule has 2 spiro atoms. The molecule has 6 fully saturated rings. The molecule has 3 unspecified atom stereocenters. The second-order valence-corrected chi connectivity index (χ2v) is 10.3. The van der Waals surface area contributed by atoms with Gasteiger partial charge in [0.05, 0.1) is 16.3 Å². The van der Waals surface area contributed by atoms with Gasteiger partial charge < -0.3 is 18.9 Å². The number of carbonyl (C=O) groups is 1. The maximum absolute atomic E-state index is 12.9. The van der Waals surface area contributed by atoms with Crippen molar-refractivity contribution in [1.29, 1.82) is 0 Å². The maximum Gasteiger partial charge on any atom is 0.339 e. The first-order valence-corrected chi connectivity index (χ1v) is 9.53. The van der Waals surface area contributed by atoms with Gasteiger partial charge in [0.2, 0.25) is 0 Å². The van der Waals surface area contributed by atoms with Crippen molar-refractivity contribution in [3.63, 3.8) is 0 Å². The van der Waals surface area contributed by atoms with Crippen LogP contribution in [0.1, 0.15) is 40.0 Å². The van der Waals surface area contributed by atoms with Crippen molar-refractivity contribution in [3.05, 3.63) is 0 Å². The molecule has 6 rings (SSSR count). The summed E-state index contributed by atoms with van der Waals surface area (Å²) < 4.78 is 24.8. The van der Waals surface area contributed by atoms with Crippen LogP contribution in [0.5, 0.6) is 0 Å². The van der Waals surface area contributed by atoms with E-state index in [-0.39, 0.29) is 51.8 Å². The highest BCUT2D eigenvalue weighted by molar-refractivity contribution is 9.09. The Morgan fingerprint density at radius 1 is 1.22 bits per heavy atom. The topological polar surface area (TPSA) is 54.0 Å². The molecule has 126 valence electrons. The van der Waals surface area contributed by atoms with Crippen LogP contribution in [0.25, 0.3) is 0 Å². The smallest absolute Gasteiger partial charge is 0.339 e. The molecule has 0 amide bonds. The molecule has 0 aromatic carbocycles. The lowest BCUT2D eigenvalue weighted by molar-refractivity contribution is -0.264. The first-order chi connectivity index (χ1) is 10.8. The van der Waals surface area contributed by atoms with Gasteiger partial charge in [0.1, 0.15) is 6.10 Å². The van der Waals surface area contributed by atoms with Gasteiger partial charge in [-0.05, 0) is 17.8 Å². The summed E-state index contributed by atoms with van der Waals surface area (Å²) in [4.78, 5) is 12.9. The molecule has 4 saturated heterocycles. The van der Waals surface area contributed by atoms with Crippen LogP contribution in [-0.4, -0.2) is 41.2 Å². The fraction of sp³-hybridized carbons (Fsp3) is 0.941. The fourth-order valence-corrected chi connectivity index (χ4v) is 8.74. The van der Waals surface area contributed by atoms with E-state index in [9.17, 15) is 4.79 Å². The van der Waals surface area contributed by atoms with E-state index in [0.29, 0.717) is 12.3 Å². The maximum atomic E-state index is 12.9. The Hall–Kier alpha value is -0.170. The van der Waals surface area contributed by atoms with Gasteiger partial charge in [0.25, 0.3) is 0 Å². The first kappa shape index (κ1) is 14.0. The monoisotopic (exact) mass is 384 g/mol. The molecule has 0 N–H and O–H groups in total. The minimum Gasteiger partial charge on any atom is -0.459 e. The van der Waals surface area contributed by atoms with Gasteiger partial charge in [-0.2, -0.15) is 0 Å². The minimum absolute atomic E-state index is 0.0443. The third kappa shape index (κ3) is 1.09. The van der Waals surface area contributed by atoms with Crippen molar-refractivity contribution >= 4 is 21.9 Å². The minimum atomic E-state index is -0.882. The van der Waals surface area contributed by atoms with Crippen molar-refractivity contribution in [2.24, 2.45) is 22.2 Å². The van der Waals surface area contributed by atoms with Crippen molar-refractivity contribution in [3.8, 4) is 0 Å². The normalized spacial score (nSPS) is 64.4. The summed E-state index contributed by atoms with van der Waals surface area (Å²) in [5.41, 5.74) is -1.34. The van der Waals surface area contributed by atoms with Crippen LogP contribution in [0.15, 0.2) is 0 Å². The van der Waals surface area contributed by atoms with Gasteiger partial charge in [-0.3, -0.25) is 0 Å². The molecule has 0 radical (unpaired) electrons. The lowest BCUT2D eigenvalue weighted by Gasteiger charge is -2.46. The summed E-state index contributed by atoms with van der Waals surface area (Å²) in [5, 5.41) is 0. The highest BCUT2D eigenvalue weighted by Gasteiger charge is 2.95. The van der Waals surface area contributed by atoms with Gasteiger partial charge in [0.15, 0.2) is 18.2 Å². The Labute approximate surface area is 143 Å². The number of hydrogen-bond donors (Lipinski definition) is 0. The summed E-state index contributed by atoms with van der Waals surface area (Å²) >= 11 is 3.94. The standard InChI is InChI=1S/C17H21BrO5/c1-14(2,3)8-4-9-17-11(18)7-5-16(17,12(19)21-9)23-13-15(8,17)6-10(20-7)22-13/h7-11,13H,4-6H2,1-3H3/t7?,8-,9+,10?,11?,13-,15+,16+,17-/m0/s1. The average Bonchev–Trinajstić information content (AvgIpc) is 3.07. The molecule has 2 saturated carbocycles. The zero-order valence-electron chi connectivity index (χ0n) is 13.5. The summed E-state index contributed by atoms with van der Waals surface area (Å²) in [7, 11) is 0. The van der Waals surface area contributed by atoms with E-state index >= 15 is 0 Å². The van der Waals surface area contributed by atoms with E-state index in [1.54, 1.807) is 0 Å². The molecule has 6 heteroatoms. The molecule has 4 heterocycles. The number of fused-ring (bicyclic) bond motifs is 2. The van der Waals surface area contributed by atoms with Crippen molar-refractivity contribution in [2.75, 3.05) is 0 Å². The van der Waals surface area contributed by atoms with E-state index in [2.05, 4.69) is 36.7 Å². The Morgan fingerprint density at radius 2 is 2.00 bits per heavy atom. The van der Waals surface area contributed by atoms with Crippen LogP contribution >= 0.6 is 15.9 Å². The average molecular weight is 385 g/mol. The third-order valence-corrected chi connectivity index (χ3v) is 9.04. The van der Waals surface area contributed by atoms with Gasteiger partial charge in [-0.15, -0.1) is 0 Å². The first-order valence-electron chi connectivity index (χ1n) is 8.61. The van der Waals surface area contributed by atoms with E-state index in [1.807, 2.05) is 0 Å². The number of rotatable bonds is 0. The number of carbonyl (C=O) groups excluding carboxylic acids is 1. The van der Waals surface area contributed by atoms with E-state index in [0.717, 1.165) is 12.8 Å². The zero-order chi connectivity index (χ0) is 16.0. The number of halogens is 1. The molecule has 5 nitrogen and oxygen atoms in total. The molecule has 0 aromatic heterocycles. The second kappa shape index (κ2) is 3.53. The Balaban J connectivity index is 1.70. The highest BCUT2D eigenvalue weighted by atomic mass is 79.9. The van der Waals surface area contributed by atoms with E-state index in [1.165, 1.54) is 0 Å². The van der Waals surface area contributed by atoms with Crippen LogP contribution in [-0.2, 0) is 23.7 Å². The van der Waals surface area contributed by atoms with Crippen molar-refractivity contribution in [1.82, 2.24) is 0 Å². The summed E-state index contributed by atoms with van der Waals surface area (Å²) in [6.07, 6.45) is 1.60. The lowest BCUT2D eigenvalue weighted by Crippen LogP contribution is -2.55. The van der Waals surface area contributed by atoms with Crippen LogP contribution in [0.4, 0.5) is 0 Å². The molecule has 4 aliphatic heterocycles. The molecule has 0 aromatic rings. The third-order valence-electron chi connectivity index (χ3n) is 7.73. The SMILES string of the molecule is CC(C)(C)[C@@H]1C[C@H]2OC(=O)[C@@]34CC5OC6C[C@@]1([C@@H](O6)O3)[C@@]24C5Br. The van der Waals surface area contributed by atoms with Crippen LogP contribution < -0.4 is 0 Å². The van der Waals surface area contributed by atoms with Crippen molar-refractivity contribution < 1.29 is 23.7 Å². The Morgan fingerprint density at radius 3 is 2.74 bits per heavy atom. The van der Waals surface area contributed by atoms with E-state index in [4.69, 9.17) is 18.9 Å². The molecule has 23 heavy (non-hydrogen) atoms. The Bertz CT molecular complexity index is 645. The molecule has 4 bridgehead atoms. The number of esters is 1. The fourth-order valence-electron chi connectivity index (χ4n) is 7.34. The zero-order valence-corrected chi connectivity index (χ0v) is 15.1. The molecular weight excluding hydrogens is 364 g/mol. The van der Waals surface area contributed by atoms with Gasteiger partial charge in [-0.1, -0.05) is 36.7 Å². The molecular formula is C17H21BrO5. The van der Waals surface area contributed by atoms with Crippen LogP contribution in [0.3, 0.4) is 0 Å². The highest BCUT2D eigenvalue weighted by Crippen LogP contribution is 2.84. The largest absolute Gasteiger partial charge is 0.459 e. The lowest BCUT2D eigenvalue weighted by atomic mass is 9.54. The predicted molar refractivity (Wildman–Crippen MR) is 81.6 cm³/mol. The number of alkyl halides is 1. The Kier molecular flexibility index (Phi) is 2.15.